The molecule has 0 spiro atoms. The quantitative estimate of drug-likeness (QED) is 0.603. The van der Waals surface area contributed by atoms with Crippen molar-refractivity contribution in [2.75, 3.05) is 31.6 Å². The minimum Gasteiger partial charge on any atom is -0.495 e. The zero-order valence-corrected chi connectivity index (χ0v) is 17.0. The van der Waals surface area contributed by atoms with Gasteiger partial charge in [-0.2, -0.15) is 0 Å². The molecule has 0 radical (unpaired) electrons. The van der Waals surface area contributed by atoms with Crippen LogP contribution in [0, 0.1) is 0 Å². The Morgan fingerprint density at radius 2 is 1.90 bits per heavy atom. The van der Waals surface area contributed by atoms with Gasteiger partial charge in [0, 0.05) is 12.6 Å². The van der Waals surface area contributed by atoms with Gasteiger partial charge in [0.25, 0.3) is 15.9 Å². The van der Waals surface area contributed by atoms with Crippen molar-refractivity contribution in [1.29, 1.82) is 0 Å². The molecule has 0 saturated heterocycles. The topological polar surface area (TPSA) is 105 Å². The number of hydrogen-bond acceptors (Lipinski definition) is 5. The van der Waals surface area contributed by atoms with Crippen molar-refractivity contribution in [3.63, 3.8) is 0 Å². The molecular weight excluding hydrogens is 394 g/mol. The molecule has 2 aromatic carbocycles. The van der Waals surface area contributed by atoms with E-state index in [9.17, 15) is 18.0 Å². The van der Waals surface area contributed by atoms with Crippen LogP contribution in [0.5, 0.6) is 5.75 Å². The molecule has 2 amide bonds. The number of carbonyl (C=O) groups excluding carboxylic acids is 2. The van der Waals surface area contributed by atoms with Crippen molar-refractivity contribution in [2.24, 2.45) is 0 Å². The molecule has 0 fully saturated rings. The molecular formula is C20H23N3O5S. The highest BCUT2D eigenvalue weighted by molar-refractivity contribution is 7.92. The maximum Gasteiger partial charge on any atom is 0.264 e. The van der Waals surface area contributed by atoms with Crippen molar-refractivity contribution in [2.45, 2.75) is 4.90 Å². The summed E-state index contributed by atoms with van der Waals surface area (Å²) in [6.07, 6.45) is 1.46. The molecule has 0 heterocycles. The summed E-state index contributed by atoms with van der Waals surface area (Å²) in [6, 6.07) is 12.3. The predicted octanol–water partition coefficient (Wildman–Crippen LogP) is 1.55. The fourth-order valence-electron chi connectivity index (χ4n) is 2.56. The van der Waals surface area contributed by atoms with Crippen LogP contribution in [-0.2, 0) is 14.8 Å². The summed E-state index contributed by atoms with van der Waals surface area (Å²) < 4.78 is 33.1. The van der Waals surface area contributed by atoms with Gasteiger partial charge in [-0.25, -0.2) is 8.42 Å². The first kappa shape index (κ1) is 22.0. The summed E-state index contributed by atoms with van der Waals surface area (Å²) in [4.78, 5) is 23.5. The predicted molar refractivity (Wildman–Crippen MR) is 111 cm³/mol. The largest absolute Gasteiger partial charge is 0.495 e. The Labute approximate surface area is 170 Å². The molecule has 2 aromatic rings. The standard InChI is InChI=1S/C20H23N3O5S/c1-4-12-23(17-10-5-6-11-18(17)28-3)29(26,27)16-9-7-8-15(13-16)20(25)22-14-19(24)21-2/h4-11,13H,1,12,14H2,2-3H3,(H,21,24)(H,22,25). The average Bonchev–Trinajstić information content (AvgIpc) is 2.75. The highest BCUT2D eigenvalue weighted by atomic mass is 32.2. The van der Waals surface area contributed by atoms with Crippen LogP contribution in [0.1, 0.15) is 10.4 Å². The van der Waals surface area contributed by atoms with E-state index in [0.717, 1.165) is 4.31 Å². The zero-order chi connectivity index (χ0) is 21.4. The number of benzene rings is 2. The Balaban J connectivity index is 2.41. The molecule has 154 valence electrons. The van der Waals surface area contributed by atoms with E-state index in [2.05, 4.69) is 17.2 Å². The van der Waals surface area contributed by atoms with Crippen molar-refractivity contribution in [1.82, 2.24) is 10.6 Å². The fraction of sp³-hybridized carbons (Fsp3) is 0.200. The summed E-state index contributed by atoms with van der Waals surface area (Å²) in [7, 11) is -1.11. The molecule has 8 nitrogen and oxygen atoms in total. The van der Waals surface area contributed by atoms with E-state index in [1.807, 2.05) is 0 Å². The van der Waals surface area contributed by atoms with Gasteiger partial charge in [0.15, 0.2) is 0 Å². The Morgan fingerprint density at radius 1 is 1.17 bits per heavy atom. The van der Waals surface area contributed by atoms with Gasteiger partial charge in [-0.3, -0.25) is 13.9 Å². The smallest absolute Gasteiger partial charge is 0.264 e. The number of anilines is 1. The van der Waals surface area contributed by atoms with Crippen molar-refractivity contribution >= 4 is 27.5 Å². The van der Waals surface area contributed by atoms with E-state index in [0.29, 0.717) is 11.4 Å². The second-order valence-electron chi connectivity index (χ2n) is 5.88. The number of likely N-dealkylation sites (N-methyl/N-ethyl adjacent to an activating group) is 1. The lowest BCUT2D eigenvalue weighted by Gasteiger charge is -2.25. The number of rotatable bonds is 9. The van der Waals surface area contributed by atoms with Crippen molar-refractivity contribution in [3.8, 4) is 5.75 Å². The van der Waals surface area contributed by atoms with E-state index in [1.54, 1.807) is 24.3 Å². The second kappa shape index (κ2) is 9.74. The maximum absolute atomic E-state index is 13.3. The molecule has 2 N–H and O–H groups in total. The highest BCUT2D eigenvalue weighted by Gasteiger charge is 2.27. The van der Waals surface area contributed by atoms with Crippen LogP contribution in [0.3, 0.4) is 0 Å². The normalized spacial score (nSPS) is 10.7. The number of hydrogen-bond donors (Lipinski definition) is 2. The molecule has 0 aliphatic rings. The Morgan fingerprint density at radius 3 is 2.55 bits per heavy atom. The van der Waals surface area contributed by atoms with Gasteiger partial charge >= 0.3 is 0 Å². The minimum atomic E-state index is -4.02. The van der Waals surface area contributed by atoms with E-state index >= 15 is 0 Å². The minimum absolute atomic E-state index is 0.00972. The van der Waals surface area contributed by atoms with Gasteiger partial charge in [-0.15, -0.1) is 6.58 Å². The highest BCUT2D eigenvalue weighted by Crippen LogP contribution is 2.32. The molecule has 2 rings (SSSR count). The van der Waals surface area contributed by atoms with E-state index in [4.69, 9.17) is 4.74 Å². The van der Waals surface area contributed by atoms with Gasteiger partial charge in [-0.1, -0.05) is 24.3 Å². The molecule has 9 heteroatoms. The lowest BCUT2D eigenvalue weighted by molar-refractivity contribution is -0.119. The van der Waals surface area contributed by atoms with E-state index in [1.165, 1.54) is 44.5 Å². The monoisotopic (exact) mass is 417 g/mol. The van der Waals surface area contributed by atoms with Crippen molar-refractivity contribution in [3.05, 3.63) is 66.7 Å². The summed E-state index contributed by atoms with van der Waals surface area (Å²) in [5, 5.41) is 4.82. The first-order valence-electron chi connectivity index (χ1n) is 8.70. The van der Waals surface area contributed by atoms with Crippen LogP contribution >= 0.6 is 0 Å². The molecule has 0 aliphatic carbocycles. The summed E-state index contributed by atoms with van der Waals surface area (Å²) in [6.45, 7) is 3.43. The van der Waals surface area contributed by atoms with E-state index in [-0.39, 0.29) is 29.5 Å². The Hall–Kier alpha value is -3.33. The Bertz CT molecular complexity index is 1000. The number of nitrogens with one attached hydrogen (secondary N) is 2. The Kier molecular flexibility index (Phi) is 7.38. The SMILES string of the molecule is C=CCN(c1ccccc1OC)S(=O)(=O)c1cccc(C(=O)NCC(=O)NC)c1. The third-order valence-electron chi connectivity index (χ3n) is 4.02. The first-order chi connectivity index (χ1) is 13.8. The number of nitrogens with zero attached hydrogens (tertiary/aromatic N) is 1. The summed E-state index contributed by atoms with van der Waals surface area (Å²) in [5.74, 6) is -0.536. The summed E-state index contributed by atoms with van der Waals surface area (Å²) >= 11 is 0. The molecule has 0 aliphatic heterocycles. The molecule has 0 saturated carbocycles. The lowest BCUT2D eigenvalue weighted by Crippen LogP contribution is -2.35. The second-order valence-corrected chi connectivity index (χ2v) is 7.74. The fourth-order valence-corrected chi connectivity index (χ4v) is 4.05. The number of methoxy groups -OCH3 is 1. The molecule has 29 heavy (non-hydrogen) atoms. The van der Waals surface area contributed by atoms with Gasteiger partial charge < -0.3 is 15.4 Å². The molecule has 0 atom stereocenters. The van der Waals surface area contributed by atoms with Gasteiger partial charge in [0.2, 0.25) is 5.91 Å². The third kappa shape index (κ3) is 5.14. The van der Waals surface area contributed by atoms with Crippen molar-refractivity contribution < 1.29 is 22.7 Å². The summed E-state index contributed by atoms with van der Waals surface area (Å²) in [5.41, 5.74) is 0.470. The van der Waals surface area contributed by atoms with Crippen LogP contribution in [0.15, 0.2) is 66.1 Å². The van der Waals surface area contributed by atoms with Crippen LogP contribution in [0.4, 0.5) is 5.69 Å². The maximum atomic E-state index is 13.3. The lowest BCUT2D eigenvalue weighted by atomic mass is 10.2. The van der Waals surface area contributed by atoms with Gasteiger partial charge in [-0.05, 0) is 30.3 Å². The van der Waals surface area contributed by atoms with E-state index < -0.39 is 15.9 Å². The van der Waals surface area contributed by atoms with Crippen LogP contribution in [-0.4, -0.2) is 47.5 Å². The molecule has 0 bridgehead atoms. The molecule has 0 unspecified atom stereocenters. The van der Waals surface area contributed by atoms with Gasteiger partial charge in [0.05, 0.1) is 30.8 Å². The number of carbonyl (C=O) groups is 2. The number of para-hydroxylation sites is 2. The number of amides is 2. The molecule has 0 aromatic heterocycles. The van der Waals surface area contributed by atoms with Gasteiger partial charge in [0.1, 0.15) is 5.75 Å². The van der Waals surface area contributed by atoms with Crippen LogP contribution < -0.4 is 19.7 Å². The average molecular weight is 417 g/mol. The first-order valence-corrected chi connectivity index (χ1v) is 10.1. The zero-order valence-electron chi connectivity index (χ0n) is 16.2. The third-order valence-corrected chi connectivity index (χ3v) is 5.80. The number of ether oxygens (including phenoxy) is 1. The van der Waals surface area contributed by atoms with Crippen LogP contribution in [0.25, 0.3) is 0 Å². The van der Waals surface area contributed by atoms with Crippen LogP contribution in [0.2, 0.25) is 0 Å². The number of sulfonamides is 1.